The molecule has 5 heteroatoms. The lowest BCUT2D eigenvalue weighted by molar-refractivity contribution is -0.119. The third-order valence-corrected chi connectivity index (χ3v) is 4.32. The van der Waals surface area contributed by atoms with Crippen LogP contribution in [-0.2, 0) is 4.79 Å². The molecule has 1 amide bonds. The third-order valence-electron chi connectivity index (χ3n) is 3.35. The van der Waals surface area contributed by atoms with Crippen LogP contribution in [0.2, 0.25) is 0 Å². The molecule has 0 spiro atoms. The first-order chi connectivity index (χ1) is 10.7. The molecule has 0 unspecified atom stereocenters. The average molecular weight is 315 g/mol. The van der Waals surface area contributed by atoms with Crippen molar-refractivity contribution in [1.82, 2.24) is 5.32 Å². The Hall–Kier alpha value is -2.27. The lowest BCUT2D eigenvalue weighted by atomic mass is 10.2. The van der Waals surface area contributed by atoms with Gasteiger partial charge >= 0.3 is 0 Å². The molecule has 114 valence electrons. The Morgan fingerprint density at radius 3 is 3.00 bits per heavy atom. The zero-order valence-electron chi connectivity index (χ0n) is 12.2. The molecule has 1 atom stereocenters. The first kappa shape index (κ1) is 14.7. The van der Waals surface area contributed by atoms with Crippen LogP contribution in [0.25, 0.3) is 11.0 Å². The van der Waals surface area contributed by atoms with Crippen molar-refractivity contribution >= 4 is 28.2 Å². The van der Waals surface area contributed by atoms with E-state index in [1.807, 2.05) is 41.8 Å². The molecule has 0 saturated carbocycles. The summed E-state index contributed by atoms with van der Waals surface area (Å²) in [7, 11) is 0. The smallest absolute Gasteiger partial charge is 0.216 e. The molecule has 2 heterocycles. The van der Waals surface area contributed by atoms with Crippen LogP contribution in [0.15, 0.2) is 52.5 Å². The highest BCUT2D eigenvalue weighted by atomic mass is 32.1. The normalized spacial score (nSPS) is 12.2. The van der Waals surface area contributed by atoms with E-state index in [-0.39, 0.29) is 12.0 Å². The molecule has 0 radical (unpaired) electrons. The lowest BCUT2D eigenvalue weighted by Gasteiger charge is -2.18. The highest BCUT2D eigenvalue weighted by Gasteiger charge is 2.17. The summed E-state index contributed by atoms with van der Waals surface area (Å²) in [6.07, 6.45) is 2.26. The molecule has 22 heavy (non-hydrogen) atoms. The van der Waals surface area contributed by atoms with E-state index in [1.54, 1.807) is 17.6 Å². The summed E-state index contributed by atoms with van der Waals surface area (Å²) in [6.45, 7) is 2.09. The van der Waals surface area contributed by atoms with Gasteiger partial charge in [-0.2, -0.15) is 0 Å². The predicted octanol–water partition coefficient (Wildman–Crippen LogP) is 4.14. The number of carbonyl (C=O) groups is 1. The Bertz CT molecular complexity index is 748. The fraction of sp³-hybridized carbons (Fsp3) is 0.235. The number of amides is 1. The van der Waals surface area contributed by atoms with Gasteiger partial charge in [-0.15, -0.1) is 11.3 Å². The van der Waals surface area contributed by atoms with Crippen LogP contribution in [0, 0.1) is 0 Å². The molecular weight excluding hydrogens is 298 g/mol. The molecule has 3 rings (SSSR count). The SMILES string of the molecule is CC(=O)NCC[C@H](Oc1cccc2ccoc12)c1cccs1. The van der Waals surface area contributed by atoms with E-state index in [0.717, 1.165) is 21.6 Å². The van der Waals surface area contributed by atoms with Gasteiger partial charge in [-0.1, -0.05) is 18.2 Å². The van der Waals surface area contributed by atoms with Gasteiger partial charge < -0.3 is 14.5 Å². The number of fused-ring (bicyclic) bond motifs is 1. The largest absolute Gasteiger partial charge is 0.481 e. The fourth-order valence-electron chi connectivity index (χ4n) is 2.32. The van der Waals surface area contributed by atoms with E-state index in [4.69, 9.17) is 9.15 Å². The van der Waals surface area contributed by atoms with Crippen LogP contribution in [0.1, 0.15) is 24.3 Å². The van der Waals surface area contributed by atoms with Crippen LogP contribution in [0.5, 0.6) is 5.75 Å². The minimum absolute atomic E-state index is 0.0296. The Morgan fingerprint density at radius 2 is 2.23 bits per heavy atom. The van der Waals surface area contributed by atoms with E-state index in [0.29, 0.717) is 13.0 Å². The van der Waals surface area contributed by atoms with Crippen molar-refractivity contribution in [3.63, 3.8) is 0 Å². The molecule has 0 aliphatic rings. The summed E-state index contributed by atoms with van der Waals surface area (Å²) in [5.41, 5.74) is 0.753. The van der Waals surface area contributed by atoms with Crippen LogP contribution in [-0.4, -0.2) is 12.5 Å². The maximum absolute atomic E-state index is 11.0. The summed E-state index contributed by atoms with van der Waals surface area (Å²) in [5.74, 6) is 0.696. The topological polar surface area (TPSA) is 51.5 Å². The van der Waals surface area contributed by atoms with Crippen molar-refractivity contribution in [2.75, 3.05) is 6.54 Å². The van der Waals surface area contributed by atoms with Crippen molar-refractivity contribution < 1.29 is 13.9 Å². The summed E-state index contributed by atoms with van der Waals surface area (Å²) in [6, 6.07) is 11.8. The van der Waals surface area contributed by atoms with Crippen LogP contribution < -0.4 is 10.1 Å². The fourth-order valence-corrected chi connectivity index (χ4v) is 3.11. The maximum atomic E-state index is 11.0. The molecule has 0 fully saturated rings. The maximum Gasteiger partial charge on any atom is 0.216 e. The molecular formula is C17H17NO3S. The number of furan rings is 1. The lowest BCUT2D eigenvalue weighted by Crippen LogP contribution is -2.23. The molecule has 3 aromatic rings. The van der Waals surface area contributed by atoms with Gasteiger partial charge in [-0.05, 0) is 23.6 Å². The minimum atomic E-state index is -0.109. The summed E-state index contributed by atoms with van der Waals surface area (Å²) < 4.78 is 11.7. The van der Waals surface area contributed by atoms with E-state index in [9.17, 15) is 4.79 Å². The van der Waals surface area contributed by atoms with Gasteiger partial charge in [0.05, 0.1) is 6.26 Å². The highest BCUT2D eigenvalue weighted by molar-refractivity contribution is 7.10. The Morgan fingerprint density at radius 1 is 1.32 bits per heavy atom. The summed E-state index contributed by atoms with van der Waals surface area (Å²) in [5, 5.41) is 5.86. The second-order valence-electron chi connectivity index (χ2n) is 4.99. The van der Waals surface area contributed by atoms with E-state index in [1.165, 1.54) is 6.92 Å². The van der Waals surface area contributed by atoms with E-state index >= 15 is 0 Å². The molecule has 1 N–H and O–H groups in total. The number of ether oxygens (including phenoxy) is 1. The molecule has 0 aliphatic carbocycles. The first-order valence-electron chi connectivity index (χ1n) is 7.15. The predicted molar refractivity (Wildman–Crippen MR) is 87.2 cm³/mol. The monoisotopic (exact) mass is 315 g/mol. The van der Waals surface area contributed by atoms with Crippen molar-refractivity contribution in [3.8, 4) is 5.75 Å². The number of carbonyl (C=O) groups excluding carboxylic acids is 1. The number of benzene rings is 1. The van der Waals surface area contributed by atoms with Gasteiger partial charge in [0.25, 0.3) is 0 Å². The van der Waals surface area contributed by atoms with Crippen molar-refractivity contribution in [3.05, 3.63) is 52.9 Å². The van der Waals surface area contributed by atoms with Gasteiger partial charge in [0, 0.05) is 30.2 Å². The zero-order chi connectivity index (χ0) is 15.4. The van der Waals surface area contributed by atoms with Gasteiger partial charge in [-0.25, -0.2) is 0 Å². The van der Waals surface area contributed by atoms with Crippen LogP contribution in [0.4, 0.5) is 0 Å². The van der Waals surface area contributed by atoms with Crippen molar-refractivity contribution in [2.45, 2.75) is 19.4 Å². The number of hydrogen-bond acceptors (Lipinski definition) is 4. The van der Waals surface area contributed by atoms with E-state index in [2.05, 4.69) is 5.32 Å². The summed E-state index contributed by atoms with van der Waals surface area (Å²) >= 11 is 1.65. The molecule has 0 aliphatic heterocycles. The first-order valence-corrected chi connectivity index (χ1v) is 8.03. The second-order valence-corrected chi connectivity index (χ2v) is 5.97. The molecule has 0 bridgehead atoms. The van der Waals surface area contributed by atoms with Crippen LogP contribution in [0.3, 0.4) is 0 Å². The standard InChI is InChI=1S/C17H17NO3S/c1-12(19)18-9-7-14(16-6-3-11-22-16)21-15-5-2-4-13-8-10-20-17(13)15/h2-6,8,10-11,14H,7,9H2,1H3,(H,18,19)/t14-/m0/s1. The van der Waals surface area contributed by atoms with E-state index < -0.39 is 0 Å². The van der Waals surface area contributed by atoms with Gasteiger partial charge in [-0.3, -0.25) is 4.79 Å². The molecule has 4 nitrogen and oxygen atoms in total. The Kier molecular flexibility index (Phi) is 4.44. The quantitative estimate of drug-likeness (QED) is 0.744. The zero-order valence-corrected chi connectivity index (χ0v) is 13.1. The average Bonchev–Trinajstić information content (AvgIpc) is 3.17. The number of para-hydroxylation sites is 1. The molecule has 1 aromatic carbocycles. The Balaban J connectivity index is 1.80. The molecule has 2 aromatic heterocycles. The van der Waals surface area contributed by atoms with Crippen molar-refractivity contribution in [1.29, 1.82) is 0 Å². The molecule has 0 saturated heterocycles. The second kappa shape index (κ2) is 6.66. The van der Waals surface area contributed by atoms with Crippen LogP contribution >= 0.6 is 11.3 Å². The third kappa shape index (κ3) is 3.31. The van der Waals surface area contributed by atoms with Crippen molar-refractivity contribution in [2.24, 2.45) is 0 Å². The highest BCUT2D eigenvalue weighted by Crippen LogP contribution is 2.33. The Labute approximate surface area is 132 Å². The number of thiophene rings is 1. The summed E-state index contributed by atoms with van der Waals surface area (Å²) in [4.78, 5) is 12.2. The van der Waals surface area contributed by atoms with Gasteiger partial charge in [0.15, 0.2) is 11.3 Å². The number of hydrogen-bond donors (Lipinski definition) is 1. The van der Waals surface area contributed by atoms with Gasteiger partial charge in [0.1, 0.15) is 6.10 Å². The minimum Gasteiger partial charge on any atom is -0.481 e. The van der Waals surface area contributed by atoms with Gasteiger partial charge in [0.2, 0.25) is 5.91 Å². The number of nitrogens with one attached hydrogen (secondary N) is 1. The number of rotatable bonds is 6.